The number of amides is 1. The first kappa shape index (κ1) is 19.2. The van der Waals surface area contributed by atoms with Gasteiger partial charge in [0, 0.05) is 37.8 Å². The number of rotatable bonds is 5. The monoisotopic (exact) mass is 390 g/mol. The van der Waals surface area contributed by atoms with Crippen LogP contribution in [0.25, 0.3) is 0 Å². The molecule has 1 amide bonds. The van der Waals surface area contributed by atoms with Crippen LogP contribution in [0, 0.1) is 11.8 Å². The number of nitrogens with zero attached hydrogens (tertiary/aromatic N) is 2. The minimum Gasteiger partial charge on any atom is -0.355 e. The number of nitrogens with one attached hydrogen (secondary N) is 1. The molecule has 1 aromatic heterocycles. The first-order chi connectivity index (χ1) is 12.3. The van der Waals surface area contributed by atoms with Crippen molar-refractivity contribution in [2.75, 3.05) is 24.5 Å². The zero-order chi connectivity index (χ0) is 18.9. The van der Waals surface area contributed by atoms with E-state index in [1.807, 2.05) is 4.90 Å². The summed E-state index contributed by atoms with van der Waals surface area (Å²) in [5.74, 6) is 0.734. The third-order valence-corrected chi connectivity index (χ3v) is 5.33. The van der Waals surface area contributed by atoms with Gasteiger partial charge < -0.3 is 16.0 Å². The number of carbonyl (C=O) groups is 1. The molecule has 144 valence electrons. The van der Waals surface area contributed by atoms with E-state index in [1.54, 1.807) is 0 Å². The zero-order valence-corrected chi connectivity index (χ0v) is 15.0. The summed E-state index contributed by atoms with van der Waals surface area (Å²) >= 11 is 5.99. The van der Waals surface area contributed by atoms with Gasteiger partial charge in [-0.2, -0.15) is 13.2 Å². The molecule has 26 heavy (non-hydrogen) atoms. The van der Waals surface area contributed by atoms with Crippen molar-refractivity contribution in [2.24, 2.45) is 17.6 Å². The molecule has 2 fully saturated rings. The Kier molecular flexibility index (Phi) is 5.62. The van der Waals surface area contributed by atoms with E-state index < -0.39 is 11.7 Å². The number of carbonyl (C=O) groups excluding carboxylic acids is 1. The second-order valence-corrected chi connectivity index (χ2v) is 7.44. The second kappa shape index (κ2) is 7.60. The predicted molar refractivity (Wildman–Crippen MR) is 92.9 cm³/mol. The van der Waals surface area contributed by atoms with Crippen LogP contribution < -0.4 is 16.0 Å². The van der Waals surface area contributed by atoms with Crippen molar-refractivity contribution < 1.29 is 18.0 Å². The molecule has 1 saturated carbocycles. The highest BCUT2D eigenvalue weighted by Crippen LogP contribution is 2.35. The summed E-state index contributed by atoms with van der Waals surface area (Å²) in [5, 5.41) is 2.88. The van der Waals surface area contributed by atoms with Crippen molar-refractivity contribution in [1.29, 1.82) is 0 Å². The fourth-order valence-electron chi connectivity index (χ4n) is 3.23. The van der Waals surface area contributed by atoms with Gasteiger partial charge in [-0.15, -0.1) is 0 Å². The molecule has 2 aliphatic rings. The Hall–Kier alpha value is -1.54. The molecule has 1 saturated heterocycles. The highest BCUT2D eigenvalue weighted by Gasteiger charge is 2.33. The Morgan fingerprint density at radius 3 is 2.54 bits per heavy atom. The van der Waals surface area contributed by atoms with Gasteiger partial charge in [-0.05, 0) is 37.7 Å². The van der Waals surface area contributed by atoms with E-state index in [2.05, 4.69) is 10.3 Å². The van der Waals surface area contributed by atoms with Crippen LogP contribution in [0.15, 0.2) is 12.3 Å². The average molecular weight is 391 g/mol. The Morgan fingerprint density at radius 2 is 2.00 bits per heavy atom. The summed E-state index contributed by atoms with van der Waals surface area (Å²) in [6.07, 6.45) is -0.208. The van der Waals surface area contributed by atoms with Crippen LogP contribution in [0.2, 0.25) is 5.02 Å². The van der Waals surface area contributed by atoms with Gasteiger partial charge in [0.1, 0.15) is 5.82 Å². The molecule has 1 unspecified atom stereocenters. The topological polar surface area (TPSA) is 71.2 Å². The van der Waals surface area contributed by atoms with E-state index in [0.29, 0.717) is 44.2 Å². The van der Waals surface area contributed by atoms with Gasteiger partial charge in [0.15, 0.2) is 0 Å². The Morgan fingerprint density at radius 1 is 1.35 bits per heavy atom. The number of piperidine rings is 1. The highest BCUT2D eigenvalue weighted by molar-refractivity contribution is 6.33. The standard InChI is InChI=1S/C17H22ClF3N4O/c18-13-7-12(17(19,20)21)8-23-15(13)25-5-3-11(4-6-25)16(26)24-9-14(22)10-1-2-10/h7-8,10-11,14H,1-6,9,22H2,(H,24,26). The summed E-state index contributed by atoms with van der Waals surface area (Å²) in [6.45, 7) is 1.53. The van der Waals surface area contributed by atoms with E-state index in [0.717, 1.165) is 25.1 Å². The number of halogens is 4. The second-order valence-electron chi connectivity index (χ2n) is 7.03. The smallest absolute Gasteiger partial charge is 0.355 e. The quantitative estimate of drug-likeness (QED) is 0.811. The van der Waals surface area contributed by atoms with E-state index in [4.69, 9.17) is 17.3 Å². The normalized spacial score (nSPS) is 20.1. The summed E-state index contributed by atoms with van der Waals surface area (Å²) in [7, 11) is 0. The third kappa shape index (κ3) is 4.59. The Balaban J connectivity index is 1.52. The lowest BCUT2D eigenvalue weighted by Gasteiger charge is -2.33. The predicted octanol–water partition coefficient (Wildman–Crippen LogP) is 2.82. The van der Waals surface area contributed by atoms with E-state index in [1.165, 1.54) is 0 Å². The van der Waals surface area contributed by atoms with Crippen molar-refractivity contribution in [3.63, 3.8) is 0 Å². The minimum atomic E-state index is -4.47. The molecule has 1 aromatic rings. The van der Waals surface area contributed by atoms with Gasteiger partial charge in [0.25, 0.3) is 0 Å². The van der Waals surface area contributed by atoms with Crippen molar-refractivity contribution >= 4 is 23.3 Å². The van der Waals surface area contributed by atoms with Crippen LogP contribution in [-0.4, -0.2) is 36.6 Å². The summed E-state index contributed by atoms with van der Waals surface area (Å²) in [4.78, 5) is 18.0. The number of nitrogens with two attached hydrogens (primary N) is 1. The number of anilines is 1. The van der Waals surface area contributed by atoms with E-state index >= 15 is 0 Å². The highest BCUT2D eigenvalue weighted by atomic mass is 35.5. The Labute approximate surface area is 155 Å². The molecule has 1 aliphatic heterocycles. The Bertz CT molecular complexity index is 658. The maximum Gasteiger partial charge on any atom is 0.417 e. The number of alkyl halides is 3. The maximum absolute atomic E-state index is 12.7. The van der Waals surface area contributed by atoms with Crippen molar-refractivity contribution in [1.82, 2.24) is 10.3 Å². The van der Waals surface area contributed by atoms with Gasteiger partial charge in [0.2, 0.25) is 5.91 Å². The van der Waals surface area contributed by atoms with Crippen LogP contribution in [-0.2, 0) is 11.0 Å². The lowest BCUT2D eigenvalue weighted by Crippen LogP contribution is -2.44. The van der Waals surface area contributed by atoms with Crippen molar-refractivity contribution in [3.05, 3.63) is 22.8 Å². The van der Waals surface area contributed by atoms with Crippen LogP contribution >= 0.6 is 11.6 Å². The van der Waals surface area contributed by atoms with Gasteiger partial charge in [0.05, 0.1) is 10.6 Å². The molecule has 3 rings (SSSR count). The van der Waals surface area contributed by atoms with Gasteiger partial charge in [-0.1, -0.05) is 11.6 Å². The van der Waals surface area contributed by atoms with Crippen molar-refractivity contribution in [2.45, 2.75) is 37.9 Å². The van der Waals surface area contributed by atoms with E-state index in [-0.39, 0.29) is 22.9 Å². The summed E-state index contributed by atoms with van der Waals surface area (Å²) in [6, 6.07) is 0.913. The largest absolute Gasteiger partial charge is 0.417 e. The number of aromatic nitrogens is 1. The summed E-state index contributed by atoms with van der Waals surface area (Å²) < 4.78 is 38.1. The molecule has 1 aliphatic carbocycles. The van der Waals surface area contributed by atoms with Crippen LogP contribution in [0.1, 0.15) is 31.2 Å². The molecule has 3 N–H and O–H groups in total. The number of pyridine rings is 1. The van der Waals surface area contributed by atoms with Crippen LogP contribution in [0.5, 0.6) is 0 Å². The maximum atomic E-state index is 12.7. The first-order valence-electron chi connectivity index (χ1n) is 8.76. The van der Waals surface area contributed by atoms with Crippen LogP contribution in [0.3, 0.4) is 0 Å². The average Bonchev–Trinajstić information content (AvgIpc) is 3.44. The zero-order valence-electron chi connectivity index (χ0n) is 14.2. The lowest BCUT2D eigenvalue weighted by atomic mass is 9.95. The molecule has 9 heteroatoms. The van der Waals surface area contributed by atoms with E-state index in [9.17, 15) is 18.0 Å². The van der Waals surface area contributed by atoms with Gasteiger partial charge >= 0.3 is 6.18 Å². The summed E-state index contributed by atoms with van der Waals surface area (Å²) in [5.41, 5.74) is 5.12. The molecule has 2 heterocycles. The molecule has 0 spiro atoms. The fraction of sp³-hybridized carbons (Fsp3) is 0.647. The molecule has 1 atom stereocenters. The fourth-order valence-corrected chi connectivity index (χ4v) is 3.51. The SMILES string of the molecule is NC(CNC(=O)C1CCN(c2ncc(C(F)(F)F)cc2Cl)CC1)C1CC1. The minimum absolute atomic E-state index is 0.00720. The molecule has 5 nitrogen and oxygen atoms in total. The van der Waals surface area contributed by atoms with Crippen LogP contribution in [0.4, 0.5) is 19.0 Å². The molecule has 0 aromatic carbocycles. The number of hydrogen-bond acceptors (Lipinski definition) is 4. The molecule has 0 radical (unpaired) electrons. The third-order valence-electron chi connectivity index (χ3n) is 5.05. The number of hydrogen-bond donors (Lipinski definition) is 2. The molecule has 0 bridgehead atoms. The molecular weight excluding hydrogens is 369 g/mol. The van der Waals surface area contributed by atoms with Gasteiger partial charge in [-0.25, -0.2) is 4.98 Å². The van der Waals surface area contributed by atoms with Crippen molar-refractivity contribution in [3.8, 4) is 0 Å². The molecular formula is C17H22ClF3N4O. The lowest BCUT2D eigenvalue weighted by molar-refractivity contribution is -0.137. The van der Waals surface area contributed by atoms with Gasteiger partial charge in [-0.3, -0.25) is 4.79 Å². The first-order valence-corrected chi connectivity index (χ1v) is 9.14.